The molecule has 1 aromatic carbocycles. The van der Waals surface area contributed by atoms with Gasteiger partial charge in [-0.3, -0.25) is 9.89 Å². The molecule has 0 saturated carbocycles. The van der Waals surface area contributed by atoms with Crippen LogP contribution in [0.1, 0.15) is 44.1 Å². The topological polar surface area (TPSA) is 68.9 Å². The second-order valence-corrected chi connectivity index (χ2v) is 8.10. The molecule has 0 atom stereocenters. The number of nitrogens with zero attached hydrogens (tertiary/aromatic N) is 4. The first kappa shape index (κ1) is 25.5. The normalized spacial score (nSPS) is 15.1. The third kappa shape index (κ3) is 8.33. The summed E-state index contributed by atoms with van der Waals surface area (Å²) in [5.74, 6) is 2.01. The Labute approximate surface area is 203 Å². The first-order chi connectivity index (χ1) is 14.7. The van der Waals surface area contributed by atoms with E-state index in [1.807, 2.05) is 6.07 Å². The van der Waals surface area contributed by atoms with Crippen molar-refractivity contribution < 1.29 is 4.52 Å². The predicted molar refractivity (Wildman–Crippen MR) is 139 cm³/mol. The van der Waals surface area contributed by atoms with Gasteiger partial charge in [0, 0.05) is 51.5 Å². The summed E-state index contributed by atoms with van der Waals surface area (Å²) in [6.45, 7) is 11.4. The van der Waals surface area contributed by atoms with E-state index in [4.69, 9.17) is 4.52 Å². The molecule has 1 saturated heterocycles. The number of benzene rings is 1. The Morgan fingerprint density at radius 1 is 1.10 bits per heavy atom. The number of anilines is 1. The van der Waals surface area contributed by atoms with Crippen molar-refractivity contribution in [2.75, 3.05) is 51.2 Å². The molecule has 1 fully saturated rings. The smallest absolute Gasteiger partial charge is 0.191 e. The van der Waals surface area contributed by atoms with E-state index in [1.54, 1.807) is 7.05 Å². The highest BCUT2D eigenvalue weighted by molar-refractivity contribution is 14.0. The number of halogens is 1. The lowest BCUT2D eigenvalue weighted by atomic mass is 10.1. The minimum Gasteiger partial charge on any atom is -0.369 e. The molecule has 1 aromatic heterocycles. The van der Waals surface area contributed by atoms with E-state index in [-0.39, 0.29) is 24.0 Å². The van der Waals surface area contributed by atoms with Crippen LogP contribution in [0.5, 0.6) is 0 Å². The zero-order valence-corrected chi connectivity index (χ0v) is 21.3. The lowest BCUT2D eigenvalue weighted by Crippen LogP contribution is -2.46. The van der Waals surface area contributed by atoms with Gasteiger partial charge in [0.15, 0.2) is 11.7 Å². The fourth-order valence-electron chi connectivity index (χ4n) is 3.61. The lowest BCUT2D eigenvalue weighted by molar-refractivity contribution is 0.253. The Kier molecular flexibility index (Phi) is 11.1. The van der Waals surface area contributed by atoms with Crippen LogP contribution in [0, 0.1) is 0 Å². The van der Waals surface area contributed by atoms with Crippen LogP contribution in [0.4, 0.5) is 5.69 Å². The molecule has 2 aromatic rings. The van der Waals surface area contributed by atoms with E-state index in [1.165, 1.54) is 12.1 Å². The molecule has 2 heterocycles. The van der Waals surface area contributed by atoms with Gasteiger partial charge in [-0.25, -0.2) is 0 Å². The Morgan fingerprint density at radius 2 is 1.84 bits per heavy atom. The largest absolute Gasteiger partial charge is 0.369 e. The Balaban J connectivity index is 0.00000341. The van der Waals surface area contributed by atoms with Gasteiger partial charge < -0.3 is 20.1 Å². The molecule has 3 rings (SSSR count). The number of para-hydroxylation sites is 1. The van der Waals surface area contributed by atoms with Gasteiger partial charge in [0.25, 0.3) is 0 Å². The molecule has 0 bridgehead atoms. The summed E-state index contributed by atoms with van der Waals surface area (Å²) in [6.07, 6.45) is 2.31. The molecule has 1 aliphatic heterocycles. The van der Waals surface area contributed by atoms with E-state index in [0.717, 1.165) is 63.1 Å². The maximum Gasteiger partial charge on any atom is 0.191 e. The molecule has 8 heteroatoms. The standard InChI is InChI=1S/C23H36N6O.HI/c1-19(2)22-17-21(30-27-22)18-26-23(24-3)25-11-7-8-12-28-13-15-29(16-14-28)20-9-5-4-6-10-20;/h4-6,9-10,17,19H,7-8,11-16,18H2,1-3H3,(H2,24,25,26);1H. The number of rotatable bonds is 9. The Bertz CT molecular complexity index is 771. The summed E-state index contributed by atoms with van der Waals surface area (Å²) < 4.78 is 5.36. The summed E-state index contributed by atoms with van der Waals surface area (Å²) in [5, 5.41) is 10.8. The molecular weight excluding hydrogens is 503 g/mol. The van der Waals surface area contributed by atoms with Crippen molar-refractivity contribution in [3.63, 3.8) is 0 Å². The maximum atomic E-state index is 5.36. The van der Waals surface area contributed by atoms with Gasteiger partial charge in [0.05, 0.1) is 12.2 Å². The van der Waals surface area contributed by atoms with Crippen molar-refractivity contribution in [2.24, 2.45) is 4.99 Å². The van der Waals surface area contributed by atoms with Gasteiger partial charge in [0.1, 0.15) is 0 Å². The van der Waals surface area contributed by atoms with Gasteiger partial charge in [0.2, 0.25) is 0 Å². The molecule has 31 heavy (non-hydrogen) atoms. The minimum absolute atomic E-state index is 0. The average molecular weight is 540 g/mol. The number of nitrogens with one attached hydrogen (secondary N) is 2. The number of piperazine rings is 1. The van der Waals surface area contributed by atoms with Crippen LogP contribution >= 0.6 is 24.0 Å². The number of hydrogen-bond acceptors (Lipinski definition) is 5. The monoisotopic (exact) mass is 540 g/mol. The van der Waals surface area contributed by atoms with Crippen molar-refractivity contribution in [3.8, 4) is 0 Å². The zero-order chi connectivity index (χ0) is 21.2. The summed E-state index contributed by atoms with van der Waals surface area (Å²) in [4.78, 5) is 9.34. The van der Waals surface area contributed by atoms with Crippen LogP contribution in [0.2, 0.25) is 0 Å². The summed E-state index contributed by atoms with van der Waals surface area (Å²) in [5.41, 5.74) is 2.32. The number of aliphatic imine (C=N–C) groups is 1. The summed E-state index contributed by atoms with van der Waals surface area (Å²) in [6, 6.07) is 12.7. The van der Waals surface area contributed by atoms with Crippen molar-refractivity contribution in [1.82, 2.24) is 20.7 Å². The Morgan fingerprint density at radius 3 is 2.48 bits per heavy atom. The second kappa shape index (κ2) is 13.6. The fraction of sp³-hybridized carbons (Fsp3) is 0.565. The van der Waals surface area contributed by atoms with Gasteiger partial charge >= 0.3 is 0 Å². The maximum absolute atomic E-state index is 5.36. The van der Waals surface area contributed by atoms with Gasteiger partial charge in [-0.2, -0.15) is 0 Å². The molecule has 0 aliphatic carbocycles. The van der Waals surface area contributed by atoms with Crippen molar-refractivity contribution in [3.05, 3.63) is 47.9 Å². The predicted octanol–water partition coefficient (Wildman–Crippen LogP) is 3.68. The minimum atomic E-state index is 0. The van der Waals surface area contributed by atoms with Crippen LogP contribution in [-0.4, -0.2) is 62.3 Å². The second-order valence-electron chi connectivity index (χ2n) is 8.10. The third-order valence-electron chi connectivity index (χ3n) is 5.51. The number of hydrogen-bond donors (Lipinski definition) is 2. The highest BCUT2D eigenvalue weighted by Gasteiger charge is 2.16. The number of unbranched alkanes of at least 4 members (excludes halogenated alkanes) is 1. The number of guanidine groups is 1. The molecule has 0 unspecified atom stereocenters. The van der Waals surface area contributed by atoms with Gasteiger partial charge in [-0.05, 0) is 37.4 Å². The van der Waals surface area contributed by atoms with Crippen LogP contribution in [0.15, 0.2) is 45.9 Å². The van der Waals surface area contributed by atoms with E-state index < -0.39 is 0 Å². The van der Waals surface area contributed by atoms with E-state index >= 15 is 0 Å². The quantitative estimate of drug-likeness (QED) is 0.219. The SMILES string of the molecule is CN=C(NCCCCN1CCN(c2ccccc2)CC1)NCc1cc(C(C)C)no1.I. The average Bonchev–Trinajstić information content (AvgIpc) is 3.26. The van der Waals surface area contributed by atoms with Crippen LogP contribution in [0.25, 0.3) is 0 Å². The molecule has 7 nitrogen and oxygen atoms in total. The van der Waals surface area contributed by atoms with Crippen LogP contribution in [0.3, 0.4) is 0 Å². The molecule has 0 spiro atoms. The molecule has 172 valence electrons. The van der Waals surface area contributed by atoms with Crippen molar-refractivity contribution >= 4 is 35.6 Å². The summed E-state index contributed by atoms with van der Waals surface area (Å²) in [7, 11) is 1.79. The molecule has 2 N–H and O–H groups in total. The van der Waals surface area contributed by atoms with Gasteiger partial charge in [-0.1, -0.05) is 37.2 Å². The highest BCUT2D eigenvalue weighted by Crippen LogP contribution is 2.16. The summed E-state index contributed by atoms with van der Waals surface area (Å²) >= 11 is 0. The molecule has 1 aliphatic rings. The lowest BCUT2D eigenvalue weighted by Gasteiger charge is -2.36. The first-order valence-electron chi connectivity index (χ1n) is 11.1. The fourth-order valence-corrected chi connectivity index (χ4v) is 3.61. The van der Waals surface area contributed by atoms with E-state index in [9.17, 15) is 0 Å². The Hall–Kier alpha value is -1.81. The van der Waals surface area contributed by atoms with Crippen LogP contribution in [-0.2, 0) is 6.54 Å². The van der Waals surface area contributed by atoms with Crippen molar-refractivity contribution in [1.29, 1.82) is 0 Å². The third-order valence-corrected chi connectivity index (χ3v) is 5.51. The molecule has 0 radical (unpaired) electrons. The number of aromatic nitrogens is 1. The van der Waals surface area contributed by atoms with Crippen LogP contribution < -0.4 is 15.5 Å². The van der Waals surface area contributed by atoms with Gasteiger partial charge in [-0.15, -0.1) is 24.0 Å². The molecular formula is C23H37IN6O. The van der Waals surface area contributed by atoms with E-state index in [2.05, 4.69) is 74.8 Å². The molecule has 0 amide bonds. The van der Waals surface area contributed by atoms with E-state index in [0.29, 0.717) is 12.5 Å². The first-order valence-corrected chi connectivity index (χ1v) is 11.1. The zero-order valence-electron chi connectivity index (χ0n) is 19.0. The van der Waals surface area contributed by atoms with Crippen molar-refractivity contribution in [2.45, 2.75) is 39.2 Å². The highest BCUT2D eigenvalue weighted by atomic mass is 127.